The predicted octanol–water partition coefficient (Wildman–Crippen LogP) is 2.04. The van der Waals surface area contributed by atoms with Gasteiger partial charge in [-0.3, -0.25) is 0 Å². The first-order valence-corrected chi connectivity index (χ1v) is 6.33. The summed E-state index contributed by atoms with van der Waals surface area (Å²) in [5.41, 5.74) is 4.87. The van der Waals surface area contributed by atoms with Crippen LogP contribution in [0.3, 0.4) is 0 Å². The third-order valence-electron chi connectivity index (χ3n) is 3.77. The molecule has 2 aromatic rings. The molecule has 1 aliphatic carbocycles. The maximum Gasteiger partial charge on any atom is 0.435 e. The summed E-state index contributed by atoms with van der Waals surface area (Å²) in [5, 5.41) is 6.71. The van der Waals surface area contributed by atoms with Gasteiger partial charge in [0.25, 0.3) is 0 Å². The zero-order chi connectivity index (χ0) is 14.4. The predicted molar refractivity (Wildman–Crippen MR) is 67.2 cm³/mol. The van der Waals surface area contributed by atoms with Crippen LogP contribution in [0.2, 0.25) is 0 Å². The van der Waals surface area contributed by atoms with Crippen LogP contribution < -0.4 is 11.1 Å². The van der Waals surface area contributed by atoms with Crippen molar-refractivity contribution in [2.45, 2.75) is 31.0 Å². The molecule has 1 aliphatic rings. The van der Waals surface area contributed by atoms with Crippen molar-refractivity contribution in [3.8, 4) is 0 Å². The number of hydrogen-bond acceptors (Lipinski definition) is 4. The van der Waals surface area contributed by atoms with Gasteiger partial charge in [-0.05, 0) is 19.3 Å². The number of nitrogens with two attached hydrogens (primary N) is 1. The topological polar surface area (TPSA) is 68.2 Å². The van der Waals surface area contributed by atoms with Crippen molar-refractivity contribution in [3.05, 3.63) is 24.2 Å². The van der Waals surface area contributed by atoms with Crippen LogP contribution in [0.4, 0.5) is 19.0 Å². The van der Waals surface area contributed by atoms with Crippen LogP contribution in [0.15, 0.2) is 18.5 Å². The molecule has 1 saturated carbocycles. The van der Waals surface area contributed by atoms with Crippen molar-refractivity contribution in [2.75, 3.05) is 11.9 Å². The lowest BCUT2D eigenvalue weighted by molar-refractivity contribution is -0.141. The van der Waals surface area contributed by atoms with Gasteiger partial charge in [0.05, 0.1) is 5.54 Å². The van der Waals surface area contributed by atoms with E-state index in [1.807, 2.05) is 0 Å². The molecule has 1 fully saturated rings. The first kappa shape index (κ1) is 13.2. The maximum atomic E-state index is 12.7. The Bertz CT molecular complexity index is 624. The second kappa shape index (κ2) is 4.34. The minimum absolute atomic E-state index is 0.252. The van der Waals surface area contributed by atoms with E-state index in [9.17, 15) is 13.2 Å². The van der Waals surface area contributed by atoms with E-state index < -0.39 is 11.9 Å². The number of anilines is 1. The summed E-state index contributed by atoms with van der Waals surface area (Å²) in [6, 6.07) is 0.998. The van der Waals surface area contributed by atoms with Gasteiger partial charge in [-0.1, -0.05) is 0 Å². The summed E-state index contributed by atoms with van der Waals surface area (Å²) >= 11 is 0. The fourth-order valence-electron chi connectivity index (χ4n) is 2.39. The normalized spacial score (nSPS) is 18.0. The monoisotopic (exact) mass is 285 g/mol. The molecule has 20 heavy (non-hydrogen) atoms. The third kappa shape index (κ3) is 2.09. The summed E-state index contributed by atoms with van der Waals surface area (Å²) in [6.45, 7) is 0.427. The summed E-state index contributed by atoms with van der Waals surface area (Å²) in [7, 11) is 0. The van der Waals surface area contributed by atoms with Crippen molar-refractivity contribution < 1.29 is 13.2 Å². The second-order valence-corrected chi connectivity index (χ2v) is 5.10. The van der Waals surface area contributed by atoms with Crippen molar-refractivity contribution in [1.29, 1.82) is 0 Å². The summed E-state index contributed by atoms with van der Waals surface area (Å²) in [5.74, 6) is 0.389. The molecule has 0 amide bonds. The quantitative estimate of drug-likeness (QED) is 0.905. The number of fused-ring (bicyclic) bond motifs is 1. The van der Waals surface area contributed by atoms with E-state index in [2.05, 4.69) is 15.4 Å². The van der Waals surface area contributed by atoms with E-state index in [4.69, 9.17) is 5.73 Å². The fraction of sp³-hybridized carbons (Fsp3) is 0.500. The van der Waals surface area contributed by atoms with Gasteiger partial charge < -0.3 is 11.1 Å². The minimum Gasteiger partial charge on any atom is -0.362 e. The molecular formula is C12H14F3N5. The molecule has 3 N–H and O–H groups in total. The number of rotatable bonds is 3. The lowest BCUT2D eigenvalue weighted by Crippen LogP contribution is -2.51. The summed E-state index contributed by atoms with van der Waals surface area (Å²) in [6.07, 6.45) is 1.20. The van der Waals surface area contributed by atoms with E-state index in [0.717, 1.165) is 25.3 Å². The highest BCUT2D eigenvalue weighted by Crippen LogP contribution is 2.36. The molecule has 0 radical (unpaired) electrons. The number of alkyl halides is 3. The van der Waals surface area contributed by atoms with Gasteiger partial charge in [-0.15, -0.1) is 0 Å². The highest BCUT2D eigenvalue weighted by atomic mass is 19.4. The first-order chi connectivity index (χ1) is 9.43. The van der Waals surface area contributed by atoms with Crippen molar-refractivity contribution in [1.82, 2.24) is 14.6 Å². The van der Waals surface area contributed by atoms with Gasteiger partial charge in [-0.2, -0.15) is 18.3 Å². The second-order valence-electron chi connectivity index (χ2n) is 5.10. The lowest BCUT2D eigenvalue weighted by Gasteiger charge is -2.42. The molecule has 2 aromatic heterocycles. The van der Waals surface area contributed by atoms with Gasteiger partial charge >= 0.3 is 6.18 Å². The average Bonchev–Trinajstić information content (AvgIpc) is 2.78. The van der Waals surface area contributed by atoms with E-state index in [0.29, 0.717) is 17.9 Å². The molecule has 5 nitrogen and oxygen atoms in total. The molecular weight excluding hydrogens is 271 g/mol. The lowest BCUT2D eigenvalue weighted by atomic mass is 9.77. The van der Waals surface area contributed by atoms with E-state index in [1.165, 1.54) is 16.9 Å². The number of nitrogens with zero attached hydrogens (tertiary/aromatic N) is 3. The van der Waals surface area contributed by atoms with Crippen LogP contribution in [0, 0.1) is 0 Å². The molecule has 0 bridgehead atoms. The molecule has 3 rings (SSSR count). The van der Waals surface area contributed by atoms with Gasteiger partial charge in [0, 0.05) is 25.0 Å². The Morgan fingerprint density at radius 3 is 2.70 bits per heavy atom. The molecule has 0 atom stereocenters. The first-order valence-electron chi connectivity index (χ1n) is 6.33. The highest BCUT2D eigenvalue weighted by molar-refractivity contribution is 5.69. The Morgan fingerprint density at radius 2 is 2.15 bits per heavy atom. The van der Waals surface area contributed by atoms with Crippen LogP contribution in [0.1, 0.15) is 25.0 Å². The van der Waals surface area contributed by atoms with Crippen LogP contribution in [0.5, 0.6) is 0 Å². The Hall–Kier alpha value is -1.83. The van der Waals surface area contributed by atoms with Gasteiger partial charge in [0.15, 0.2) is 11.5 Å². The number of halogens is 3. The van der Waals surface area contributed by atoms with E-state index in [-0.39, 0.29) is 5.54 Å². The number of nitrogens with one attached hydrogen (secondary N) is 1. The molecule has 0 aliphatic heterocycles. The van der Waals surface area contributed by atoms with Crippen molar-refractivity contribution >= 4 is 11.3 Å². The maximum absolute atomic E-state index is 12.7. The minimum atomic E-state index is -4.47. The largest absolute Gasteiger partial charge is 0.435 e. The van der Waals surface area contributed by atoms with Crippen molar-refractivity contribution in [3.63, 3.8) is 0 Å². The van der Waals surface area contributed by atoms with Crippen LogP contribution in [-0.2, 0) is 6.18 Å². The molecule has 0 spiro atoms. The van der Waals surface area contributed by atoms with E-state index >= 15 is 0 Å². The molecule has 2 heterocycles. The Kier molecular flexibility index (Phi) is 2.86. The zero-order valence-electron chi connectivity index (χ0n) is 10.6. The third-order valence-corrected chi connectivity index (χ3v) is 3.77. The average molecular weight is 285 g/mol. The number of hydrogen-bond donors (Lipinski definition) is 2. The highest BCUT2D eigenvalue weighted by Gasteiger charge is 2.37. The van der Waals surface area contributed by atoms with Crippen LogP contribution in [-0.4, -0.2) is 26.7 Å². The zero-order valence-corrected chi connectivity index (χ0v) is 10.6. The van der Waals surface area contributed by atoms with Crippen LogP contribution in [0.25, 0.3) is 5.52 Å². The SMILES string of the molecule is NCC1(Nc2nccn3nc(C(F)(F)F)cc23)CCC1. The Morgan fingerprint density at radius 1 is 1.40 bits per heavy atom. The molecule has 0 aromatic carbocycles. The molecule has 8 heteroatoms. The molecule has 108 valence electrons. The standard InChI is InChI=1S/C12H14F3N5/c13-12(14,15)9-6-8-10(17-4-5-20(8)19-9)18-11(7-16)2-1-3-11/h4-6H,1-3,7,16H2,(H,17,18). The van der Waals surface area contributed by atoms with Gasteiger partial charge in [-0.25, -0.2) is 9.50 Å². The molecule has 0 saturated heterocycles. The smallest absolute Gasteiger partial charge is 0.362 e. The van der Waals surface area contributed by atoms with Crippen molar-refractivity contribution in [2.24, 2.45) is 5.73 Å². The van der Waals surface area contributed by atoms with Gasteiger partial charge in [0.1, 0.15) is 5.52 Å². The number of aromatic nitrogens is 3. The van der Waals surface area contributed by atoms with Crippen LogP contribution >= 0.6 is 0 Å². The fourth-order valence-corrected chi connectivity index (χ4v) is 2.39. The molecule has 0 unspecified atom stereocenters. The summed E-state index contributed by atoms with van der Waals surface area (Å²) in [4.78, 5) is 4.12. The summed E-state index contributed by atoms with van der Waals surface area (Å²) < 4.78 is 39.3. The Balaban J connectivity index is 2.01. The van der Waals surface area contributed by atoms with Gasteiger partial charge in [0.2, 0.25) is 0 Å². The van der Waals surface area contributed by atoms with E-state index in [1.54, 1.807) is 0 Å². The Labute approximate surface area is 113 Å².